The Morgan fingerprint density at radius 2 is 1.96 bits per heavy atom. The molecule has 0 unspecified atom stereocenters. The zero-order valence-corrected chi connectivity index (χ0v) is 14.7. The van der Waals surface area contributed by atoms with Gasteiger partial charge in [-0.1, -0.05) is 35.3 Å². The second-order valence-electron chi connectivity index (χ2n) is 5.11. The molecule has 132 valence electrons. The number of nitrogens with one attached hydrogen (secondary N) is 1. The van der Waals surface area contributed by atoms with E-state index in [0.29, 0.717) is 16.4 Å². The Morgan fingerprint density at radius 3 is 2.69 bits per heavy atom. The first-order valence-electron chi connectivity index (χ1n) is 7.40. The van der Waals surface area contributed by atoms with E-state index >= 15 is 0 Å². The molecule has 0 aliphatic carbocycles. The lowest BCUT2D eigenvalue weighted by Gasteiger charge is -2.12. The maximum atomic E-state index is 12.2. The lowest BCUT2D eigenvalue weighted by molar-refractivity contribution is -0.119. The number of rotatable bonds is 5. The monoisotopic (exact) mass is 390 g/mol. The second kappa shape index (κ2) is 7.99. The Morgan fingerprint density at radius 1 is 1.15 bits per heavy atom. The van der Waals surface area contributed by atoms with Crippen molar-refractivity contribution in [3.8, 4) is 5.69 Å². The molecule has 0 saturated heterocycles. The van der Waals surface area contributed by atoms with Gasteiger partial charge >= 0.3 is 5.97 Å². The highest BCUT2D eigenvalue weighted by Crippen LogP contribution is 2.24. The summed E-state index contributed by atoms with van der Waals surface area (Å²) in [6.45, 7) is -0.479. The highest BCUT2D eigenvalue weighted by atomic mass is 35.5. The Bertz CT molecular complexity index is 945. The Kier molecular flexibility index (Phi) is 5.50. The molecule has 1 amide bonds. The zero-order chi connectivity index (χ0) is 18.5. The van der Waals surface area contributed by atoms with E-state index in [9.17, 15) is 9.59 Å². The minimum Gasteiger partial charge on any atom is -0.452 e. The van der Waals surface area contributed by atoms with Gasteiger partial charge in [-0.25, -0.2) is 14.5 Å². The maximum absolute atomic E-state index is 12.2. The van der Waals surface area contributed by atoms with Gasteiger partial charge in [-0.2, -0.15) is 5.10 Å². The number of benzene rings is 2. The molecule has 26 heavy (non-hydrogen) atoms. The number of esters is 1. The van der Waals surface area contributed by atoms with Crippen LogP contribution in [0.15, 0.2) is 55.1 Å². The quantitative estimate of drug-likeness (QED) is 0.674. The van der Waals surface area contributed by atoms with Crippen LogP contribution in [0.1, 0.15) is 10.4 Å². The van der Waals surface area contributed by atoms with Crippen molar-refractivity contribution in [1.82, 2.24) is 14.8 Å². The fraction of sp³-hybridized carbons (Fsp3) is 0.0588. The molecule has 0 aliphatic rings. The van der Waals surface area contributed by atoms with Crippen molar-refractivity contribution < 1.29 is 14.3 Å². The van der Waals surface area contributed by atoms with Gasteiger partial charge in [-0.15, -0.1) is 0 Å². The largest absolute Gasteiger partial charge is 0.452 e. The summed E-state index contributed by atoms with van der Waals surface area (Å²) in [6, 6.07) is 11.3. The average Bonchev–Trinajstić information content (AvgIpc) is 3.14. The third-order valence-electron chi connectivity index (χ3n) is 3.33. The number of carbonyl (C=O) groups is 2. The van der Waals surface area contributed by atoms with E-state index in [0.717, 1.165) is 0 Å². The molecule has 0 radical (unpaired) electrons. The van der Waals surface area contributed by atoms with Gasteiger partial charge in [-0.05, 0) is 30.3 Å². The van der Waals surface area contributed by atoms with Crippen LogP contribution in [0, 0.1) is 0 Å². The van der Waals surface area contributed by atoms with Gasteiger partial charge in [0.05, 0.1) is 22.0 Å². The summed E-state index contributed by atoms with van der Waals surface area (Å²) in [6.07, 6.45) is 2.85. The molecule has 1 aromatic heterocycles. The molecular weight excluding hydrogens is 379 g/mol. The zero-order valence-electron chi connectivity index (χ0n) is 13.2. The molecule has 0 aliphatic heterocycles. The molecule has 0 atom stereocenters. The third kappa shape index (κ3) is 4.19. The highest BCUT2D eigenvalue weighted by Gasteiger charge is 2.15. The summed E-state index contributed by atoms with van der Waals surface area (Å²) in [5.74, 6) is -1.22. The summed E-state index contributed by atoms with van der Waals surface area (Å²) >= 11 is 11.9. The number of halogens is 2. The normalized spacial score (nSPS) is 10.4. The topological polar surface area (TPSA) is 86.1 Å². The van der Waals surface area contributed by atoms with Crippen LogP contribution < -0.4 is 5.32 Å². The molecule has 7 nitrogen and oxygen atoms in total. The van der Waals surface area contributed by atoms with Crippen LogP contribution in [-0.2, 0) is 9.53 Å². The molecule has 0 spiro atoms. The van der Waals surface area contributed by atoms with Crippen molar-refractivity contribution in [2.24, 2.45) is 0 Å². The van der Waals surface area contributed by atoms with E-state index < -0.39 is 18.5 Å². The molecule has 3 aromatic rings. The Hall–Kier alpha value is -2.90. The van der Waals surface area contributed by atoms with Gasteiger partial charge < -0.3 is 10.1 Å². The SMILES string of the molecule is O=C(COC(=O)c1ccccc1Cl)Nc1cc(Cl)ccc1-n1cncn1. The fourth-order valence-electron chi connectivity index (χ4n) is 2.16. The van der Waals surface area contributed by atoms with Crippen LogP contribution in [0.4, 0.5) is 5.69 Å². The average molecular weight is 391 g/mol. The molecular formula is C17H12Cl2N4O3. The number of anilines is 1. The Balaban J connectivity index is 1.68. The number of ether oxygens (including phenoxy) is 1. The Labute approximate surface area is 158 Å². The number of nitrogens with zero attached hydrogens (tertiary/aromatic N) is 3. The van der Waals surface area contributed by atoms with Gasteiger partial charge in [0.15, 0.2) is 6.61 Å². The van der Waals surface area contributed by atoms with Crippen molar-refractivity contribution in [2.45, 2.75) is 0 Å². The van der Waals surface area contributed by atoms with Crippen LogP contribution in [0.2, 0.25) is 10.0 Å². The number of aromatic nitrogens is 3. The smallest absolute Gasteiger partial charge is 0.340 e. The van der Waals surface area contributed by atoms with Gasteiger partial charge in [-0.3, -0.25) is 4.79 Å². The molecule has 1 heterocycles. The molecule has 3 rings (SSSR count). The first-order chi connectivity index (χ1) is 12.5. The van der Waals surface area contributed by atoms with Gasteiger partial charge in [0, 0.05) is 5.02 Å². The standard InChI is InChI=1S/C17H12Cl2N4O3/c18-11-5-6-15(23-10-20-9-21-23)14(7-11)22-16(24)8-26-17(25)12-3-1-2-4-13(12)19/h1-7,9-10H,8H2,(H,22,24). The lowest BCUT2D eigenvalue weighted by atomic mass is 10.2. The first kappa shape index (κ1) is 17.9. The van der Waals surface area contributed by atoms with E-state index in [1.54, 1.807) is 36.4 Å². The fourth-order valence-corrected chi connectivity index (χ4v) is 2.55. The van der Waals surface area contributed by atoms with E-state index in [1.807, 2.05) is 0 Å². The number of hydrogen-bond donors (Lipinski definition) is 1. The summed E-state index contributed by atoms with van der Waals surface area (Å²) < 4.78 is 6.47. The predicted octanol–water partition coefficient (Wildman–Crippen LogP) is 3.37. The van der Waals surface area contributed by atoms with Crippen LogP contribution in [0.25, 0.3) is 5.69 Å². The second-order valence-corrected chi connectivity index (χ2v) is 5.95. The number of hydrogen-bond acceptors (Lipinski definition) is 5. The predicted molar refractivity (Wildman–Crippen MR) is 96.7 cm³/mol. The van der Waals surface area contributed by atoms with E-state index in [4.69, 9.17) is 27.9 Å². The summed E-state index contributed by atoms with van der Waals surface area (Å²) in [7, 11) is 0. The van der Waals surface area contributed by atoms with Crippen LogP contribution in [0.3, 0.4) is 0 Å². The molecule has 1 N–H and O–H groups in total. The van der Waals surface area contributed by atoms with Gasteiger partial charge in [0.25, 0.3) is 5.91 Å². The molecule has 0 bridgehead atoms. The summed E-state index contributed by atoms with van der Waals surface area (Å²) in [4.78, 5) is 28.0. The number of amides is 1. The van der Waals surface area contributed by atoms with Crippen LogP contribution in [0.5, 0.6) is 0 Å². The van der Waals surface area contributed by atoms with Crippen LogP contribution in [-0.4, -0.2) is 33.2 Å². The molecule has 0 saturated carbocycles. The molecule has 9 heteroatoms. The van der Waals surface area contributed by atoms with Crippen molar-refractivity contribution in [1.29, 1.82) is 0 Å². The van der Waals surface area contributed by atoms with Crippen molar-refractivity contribution >= 4 is 40.8 Å². The van der Waals surface area contributed by atoms with Gasteiger partial charge in [0.1, 0.15) is 12.7 Å². The molecule has 0 fully saturated rings. The van der Waals surface area contributed by atoms with Crippen molar-refractivity contribution in [3.05, 3.63) is 70.7 Å². The van der Waals surface area contributed by atoms with E-state index in [1.165, 1.54) is 23.4 Å². The third-order valence-corrected chi connectivity index (χ3v) is 3.89. The maximum Gasteiger partial charge on any atom is 0.340 e. The van der Waals surface area contributed by atoms with Crippen LogP contribution >= 0.6 is 23.2 Å². The van der Waals surface area contributed by atoms with Crippen molar-refractivity contribution in [3.63, 3.8) is 0 Å². The van der Waals surface area contributed by atoms with E-state index in [-0.39, 0.29) is 10.6 Å². The van der Waals surface area contributed by atoms with E-state index in [2.05, 4.69) is 15.4 Å². The summed E-state index contributed by atoms with van der Waals surface area (Å²) in [5.41, 5.74) is 1.16. The summed E-state index contributed by atoms with van der Waals surface area (Å²) in [5, 5.41) is 7.34. The minimum absolute atomic E-state index is 0.188. The van der Waals surface area contributed by atoms with Gasteiger partial charge in [0.2, 0.25) is 0 Å². The molecule has 2 aromatic carbocycles. The lowest BCUT2D eigenvalue weighted by Crippen LogP contribution is -2.22. The number of carbonyl (C=O) groups excluding carboxylic acids is 2. The first-order valence-corrected chi connectivity index (χ1v) is 8.16. The minimum atomic E-state index is -0.687. The highest BCUT2D eigenvalue weighted by molar-refractivity contribution is 6.33. The van der Waals surface area contributed by atoms with Crippen molar-refractivity contribution in [2.75, 3.05) is 11.9 Å².